The van der Waals surface area contributed by atoms with E-state index in [-0.39, 0.29) is 17.2 Å². The largest absolute Gasteiger partial charge is 0.489 e. The highest BCUT2D eigenvalue weighted by molar-refractivity contribution is 8.27. The summed E-state index contributed by atoms with van der Waals surface area (Å²) < 4.78 is 11.1. The summed E-state index contributed by atoms with van der Waals surface area (Å²) in [4.78, 5) is 29.4. The normalized spacial score (nSPS) is 14.1. The van der Waals surface area contributed by atoms with Gasteiger partial charge in [-0.3, -0.25) is 19.2 Å². The summed E-state index contributed by atoms with van der Waals surface area (Å²) in [5.41, 5.74) is 5.38. The van der Waals surface area contributed by atoms with Crippen molar-refractivity contribution in [3.8, 4) is 28.4 Å². The second kappa shape index (κ2) is 12.0. The van der Waals surface area contributed by atoms with E-state index in [0.29, 0.717) is 32.9 Å². The van der Waals surface area contributed by atoms with E-state index in [4.69, 9.17) is 22.1 Å². The molecule has 0 spiro atoms. The minimum atomic E-state index is -0.353. The molecule has 1 saturated heterocycles. The van der Waals surface area contributed by atoms with Crippen LogP contribution in [-0.4, -0.2) is 36.0 Å². The minimum absolute atomic E-state index is 0.244. The molecule has 0 bridgehead atoms. The predicted octanol–water partition coefficient (Wildman–Crippen LogP) is 6.62. The molecular weight excluding hydrogens is 591 g/mol. The van der Waals surface area contributed by atoms with E-state index in [1.807, 2.05) is 98.9 Å². The highest BCUT2D eigenvalue weighted by Gasteiger charge is 2.38. The Morgan fingerprint density at radius 2 is 1.66 bits per heavy atom. The lowest BCUT2D eigenvalue weighted by Gasteiger charge is -2.12. The van der Waals surface area contributed by atoms with Gasteiger partial charge in [0.15, 0.2) is 4.32 Å². The molecule has 1 aliphatic rings. The fourth-order valence-corrected chi connectivity index (χ4v) is 6.41. The van der Waals surface area contributed by atoms with Crippen LogP contribution in [0.2, 0.25) is 0 Å². The second-order valence-electron chi connectivity index (χ2n) is 10.2. The highest BCUT2D eigenvalue weighted by Crippen LogP contribution is 2.38. The van der Waals surface area contributed by atoms with Gasteiger partial charge in [0.1, 0.15) is 23.7 Å². The maximum absolute atomic E-state index is 13.9. The van der Waals surface area contributed by atoms with Gasteiger partial charge in [-0.15, -0.1) is 0 Å². The monoisotopic (exact) mass is 619 g/mol. The highest BCUT2D eigenvalue weighted by atomic mass is 32.2. The quantitative estimate of drug-likeness (QED) is 0.111. The minimum Gasteiger partial charge on any atom is -0.489 e. The Labute approximate surface area is 264 Å². The number of benzene rings is 3. The van der Waals surface area contributed by atoms with Crippen molar-refractivity contribution in [3.05, 3.63) is 130 Å². The third-order valence-electron chi connectivity index (χ3n) is 7.40. The van der Waals surface area contributed by atoms with Gasteiger partial charge in [0.2, 0.25) is 0 Å². The molecule has 1 amide bonds. The van der Waals surface area contributed by atoms with Crippen LogP contribution in [0.25, 0.3) is 28.7 Å². The number of anilines is 1. The Balaban J connectivity index is 1.42. The molecule has 5 aromatic rings. The van der Waals surface area contributed by atoms with Gasteiger partial charge >= 0.3 is 0 Å². The summed E-state index contributed by atoms with van der Waals surface area (Å²) in [7, 11) is 1.79. The van der Waals surface area contributed by atoms with Crippen LogP contribution < -0.4 is 15.2 Å². The molecule has 0 radical (unpaired) electrons. The zero-order valence-corrected chi connectivity index (χ0v) is 26.1. The standard InChI is InChI=1S/C34H29N5O3S2/c1-5-18-42-28-17-16-24(19-22(28)2)30-25(21-37(35-30)26-12-8-6-9-13-26)20-29-32(40)38(34(43)44-29)31-23(3)36(4)39(33(31)41)27-14-10-7-11-15-27/h5-17,19-21H,1,18H2,2-4H3/b29-20-. The number of rotatable bonds is 8. The van der Waals surface area contributed by atoms with Crippen LogP contribution in [0, 0.1) is 13.8 Å². The second-order valence-corrected chi connectivity index (χ2v) is 11.9. The molecule has 0 atom stereocenters. The van der Waals surface area contributed by atoms with Gasteiger partial charge in [0.25, 0.3) is 11.5 Å². The van der Waals surface area contributed by atoms with Crippen LogP contribution in [0.4, 0.5) is 5.69 Å². The average molecular weight is 620 g/mol. The first-order valence-electron chi connectivity index (χ1n) is 13.9. The zero-order valence-electron chi connectivity index (χ0n) is 24.4. The van der Waals surface area contributed by atoms with Crippen LogP contribution in [0.3, 0.4) is 0 Å². The maximum atomic E-state index is 13.9. The molecule has 2 aromatic heterocycles. The first-order valence-corrected chi connectivity index (χ1v) is 15.1. The molecule has 0 N–H and O–H groups in total. The third-order valence-corrected chi connectivity index (χ3v) is 8.70. The topological polar surface area (TPSA) is 74.3 Å². The first kappa shape index (κ1) is 29.2. The van der Waals surface area contributed by atoms with Crippen molar-refractivity contribution < 1.29 is 9.53 Å². The van der Waals surface area contributed by atoms with Gasteiger partial charge < -0.3 is 4.74 Å². The number of hydrogen-bond donors (Lipinski definition) is 0. The molecule has 3 heterocycles. The fourth-order valence-electron chi connectivity index (χ4n) is 5.15. The molecule has 0 unspecified atom stereocenters. The van der Waals surface area contributed by atoms with Gasteiger partial charge in [0, 0.05) is 24.4 Å². The molecule has 6 rings (SSSR count). The fraction of sp³-hybridized carbons (Fsp3) is 0.118. The lowest BCUT2D eigenvalue weighted by Crippen LogP contribution is -2.33. The summed E-state index contributed by atoms with van der Waals surface area (Å²) >= 11 is 6.85. The zero-order chi connectivity index (χ0) is 31.0. The summed E-state index contributed by atoms with van der Waals surface area (Å²) in [6, 6.07) is 25.0. The van der Waals surface area contributed by atoms with Crippen molar-refractivity contribution >= 4 is 46.0 Å². The van der Waals surface area contributed by atoms with E-state index in [0.717, 1.165) is 28.1 Å². The van der Waals surface area contributed by atoms with Gasteiger partial charge in [-0.25, -0.2) is 9.36 Å². The van der Waals surface area contributed by atoms with Crippen molar-refractivity contribution in [1.29, 1.82) is 0 Å². The molecule has 8 nitrogen and oxygen atoms in total. The summed E-state index contributed by atoms with van der Waals surface area (Å²) in [6.07, 6.45) is 5.40. The van der Waals surface area contributed by atoms with Crippen molar-refractivity contribution in [2.45, 2.75) is 13.8 Å². The van der Waals surface area contributed by atoms with E-state index in [1.165, 1.54) is 16.7 Å². The molecule has 1 aliphatic heterocycles. The lowest BCUT2D eigenvalue weighted by molar-refractivity contribution is -0.113. The van der Waals surface area contributed by atoms with E-state index in [1.54, 1.807) is 33.2 Å². The Kier molecular flexibility index (Phi) is 7.94. The summed E-state index contributed by atoms with van der Waals surface area (Å²) in [6.45, 7) is 7.92. The number of aromatic nitrogens is 4. The van der Waals surface area contributed by atoms with E-state index >= 15 is 0 Å². The Morgan fingerprint density at radius 1 is 0.977 bits per heavy atom. The van der Waals surface area contributed by atoms with Crippen LogP contribution in [0.15, 0.2) is 107 Å². The molecule has 220 valence electrons. The third kappa shape index (κ3) is 5.23. The van der Waals surface area contributed by atoms with Crippen LogP contribution >= 0.6 is 24.0 Å². The summed E-state index contributed by atoms with van der Waals surface area (Å²) in [5, 5.41) is 4.92. The molecule has 1 fully saturated rings. The van der Waals surface area contributed by atoms with Gasteiger partial charge in [-0.1, -0.05) is 73.0 Å². The number of carbonyl (C=O) groups excluding carboxylic acids is 1. The van der Waals surface area contributed by atoms with Gasteiger partial charge in [-0.2, -0.15) is 5.10 Å². The number of ether oxygens (including phenoxy) is 1. The lowest BCUT2D eigenvalue weighted by atomic mass is 10.0. The van der Waals surface area contributed by atoms with Crippen molar-refractivity contribution in [2.75, 3.05) is 11.5 Å². The molecule has 3 aromatic carbocycles. The number of aryl methyl sites for hydroxylation is 1. The first-order chi connectivity index (χ1) is 21.3. The Hall–Kier alpha value is -4.93. The van der Waals surface area contributed by atoms with E-state index < -0.39 is 0 Å². The summed E-state index contributed by atoms with van der Waals surface area (Å²) in [5.74, 6) is 0.409. The molecule has 0 saturated carbocycles. The number of thiocarbonyl (C=S) groups is 1. The Morgan fingerprint density at radius 3 is 2.32 bits per heavy atom. The molecule has 10 heteroatoms. The number of para-hydroxylation sites is 2. The van der Waals surface area contributed by atoms with E-state index in [2.05, 4.69) is 6.58 Å². The molecular formula is C34H29N5O3S2. The molecule has 44 heavy (non-hydrogen) atoms. The van der Waals surface area contributed by atoms with Gasteiger partial charge in [-0.05, 0) is 68.0 Å². The van der Waals surface area contributed by atoms with Crippen molar-refractivity contribution in [2.24, 2.45) is 7.05 Å². The SMILES string of the molecule is C=CCOc1ccc(-c2nn(-c3ccccc3)cc2/C=C2\SC(=S)N(c3c(C)n(C)n(-c4ccccc4)c3=O)C2=O)cc1C. The van der Waals surface area contributed by atoms with E-state index in [9.17, 15) is 9.59 Å². The van der Waals surface area contributed by atoms with Crippen LogP contribution in [0.5, 0.6) is 5.75 Å². The number of hydrogen-bond acceptors (Lipinski definition) is 6. The van der Waals surface area contributed by atoms with Crippen LogP contribution in [0.1, 0.15) is 16.8 Å². The van der Waals surface area contributed by atoms with Crippen LogP contribution in [-0.2, 0) is 11.8 Å². The Bertz CT molecular complexity index is 2010. The maximum Gasteiger partial charge on any atom is 0.296 e. The van der Waals surface area contributed by atoms with Crippen molar-refractivity contribution in [3.63, 3.8) is 0 Å². The van der Waals surface area contributed by atoms with Gasteiger partial charge in [0.05, 0.1) is 22.0 Å². The predicted molar refractivity (Wildman–Crippen MR) is 181 cm³/mol. The number of amides is 1. The van der Waals surface area contributed by atoms with Crippen molar-refractivity contribution in [1.82, 2.24) is 19.1 Å². The average Bonchev–Trinajstić information content (AvgIpc) is 3.64. The number of nitrogens with zero attached hydrogens (tertiary/aromatic N) is 5. The number of thioether (sulfide) groups is 1. The molecule has 0 aliphatic carbocycles. The smallest absolute Gasteiger partial charge is 0.296 e. The number of carbonyl (C=O) groups is 1.